The molecule has 2 rings (SSSR count). The number of benzene rings is 2. The summed E-state index contributed by atoms with van der Waals surface area (Å²) in [5.74, 6) is 1.90. The van der Waals surface area contributed by atoms with Crippen LogP contribution in [0.4, 0.5) is 0 Å². The van der Waals surface area contributed by atoms with Crippen molar-refractivity contribution in [2.45, 2.75) is 76.2 Å². The molecule has 0 amide bonds. The smallest absolute Gasteiger partial charge is 0.133 e. The Kier molecular flexibility index (Phi) is 13.9. The minimum atomic E-state index is 0.895. The molecule has 2 aromatic rings. The van der Waals surface area contributed by atoms with E-state index in [0.717, 1.165) is 11.5 Å². The van der Waals surface area contributed by atoms with E-state index in [-0.39, 0.29) is 0 Å². The molecule has 0 atom stereocenters. The van der Waals surface area contributed by atoms with Gasteiger partial charge in [0.05, 0.1) is 0 Å². The van der Waals surface area contributed by atoms with Crippen molar-refractivity contribution < 1.29 is 4.74 Å². The fraction of sp³-hybridized carbons (Fsp3) is 0.478. The number of hydrogen-bond donors (Lipinski definition) is 0. The molecule has 0 heterocycles. The number of rotatable bonds is 2. The molecule has 0 saturated carbocycles. The van der Waals surface area contributed by atoms with Crippen LogP contribution in [-0.2, 0) is 0 Å². The maximum absolute atomic E-state index is 6.06. The summed E-state index contributed by atoms with van der Waals surface area (Å²) in [6.07, 6.45) is 0. The number of hydrogen-bond acceptors (Lipinski definition) is 1. The van der Waals surface area contributed by atoms with Gasteiger partial charge in [0, 0.05) is 0 Å². The second-order valence-electron chi connectivity index (χ2n) is 4.87. The van der Waals surface area contributed by atoms with Crippen LogP contribution in [0.5, 0.6) is 11.5 Å². The molecule has 24 heavy (non-hydrogen) atoms. The van der Waals surface area contributed by atoms with Crippen LogP contribution in [-0.4, -0.2) is 0 Å². The normalized spacial score (nSPS) is 8.62. The van der Waals surface area contributed by atoms with Crippen molar-refractivity contribution in [1.29, 1.82) is 0 Å². The highest BCUT2D eigenvalue weighted by atomic mass is 16.5. The lowest BCUT2D eigenvalue weighted by Crippen LogP contribution is -1.99. The monoisotopic (exact) mass is 330 g/mol. The van der Waals surface area contributed by atoms with Crippen molar-refractivity contribution in [3.8, 4) is 11.5 Å². The standard InChI is InChI=1S/C17H20O.3C2H6/c1-11-12(2)14(4)17(15(5)13(11)3)18-16-9-7-6-8-10-16;3*1-2/h6-10H,1-5H3;3*1-2H3. The Morgan fingerprint density at radius 1 is 0.500 bits per heavy atom. The molecule has 1 nitrogen and oxygen atoms in total. The van der Waals surface area contributed by atoms with Crippen molar-refractivity contribution in [3.63, 3.8) is 0 Å². The van der Waals surface area contributed by atoms with Gasteiger partial charge >= 0.3 is 0 Å². The lowest BCUT2D eigenvalue weighted by atomic mass is 9.94. The van der Waals surface area contributed by atoms with E-state index in [4.69, 9.17) is 4.74 Å². The molecular formula is C23H38O. The Morgan fingerprint density at radius 2 is 0.833 bits per heavy atom. The van der Waals surface area contributed by atoms with Gasteiger partial charge in [-0.2, -0.15) is 0 Å². The third-order valence-corrected chi connectivity index (χ3v) is 3.89. The van der Waals surface area contributed by atoms with Gasteiger partial charge in [-0.25, -0.2) is 0 Å². The van der Waals surface area contributed by atoms with Crippen molar-refractivity contribution in [2.24, 2.45) is 0 Å². The van der Waals surface area contributed by atoms with Gasteiger partial charge in [0.1, 0.15) is 11.5 Å². The Morgan fingerprint density at radius 3 is 1.21 bits per heavy atom. The van der Waals surface area contributed by atoms with E-state index in [0.29, 0.717) is 0 Å². The molecule has 0 bridgehead atoms. The molecule has 1 heteroatoms. The Labute approximate surface area is 151 Å². The highest BCUT2D eigenvalue weighted by Crippen LogP contribution is 2.35. The largest absolute Gasteiger partial charge is 0.457 e. The van der Waals surface area contributed by atoms with Crippen LogP contribution >= 0.6 is 0 Å². The first-order chi connectivity index (χ1) is 11.5. The average molecular weight is 331 g/mol. The minimum absolute atomic E-state index is 0.895. The van der Waals surface area contributed by atoms with Crippen molar-refractivity contribution >= 4 is 0 Å². The Hall–Kier alpha value is -1.76. The predicted octanol–water partition coefficient (Wildman–Crippen LogP) is 8.10. The molecular weight excluding hydrogens is 292 g/mol. The molecule has 0 unspecified atom stereocenters. The van der Waals surface area contributed by atoms with Gasteiger partial charge in [-0.15, -0.1) is 0 Å². The quantitative estimate of drug-likeness (QED) is 0.540. The molecule has 0 aliphatic heterocycles. The zero-order valence-electron chi connectivity index (χ0n) is 17.8. The van der Waals surface area contributed by atoms with E-state index in [1.54, 1.807) is 0 Å². The van der Waals surface area contributed by atoms with Crippen LogP contribution < -0.4 is 4.74 Å². The fourth-order valence-electron chi connectivity index (χ4n) is 2.23. The summed E-state index contributed by atoms with van der Waals surface area (Å²) < 4.78 is 6.06. The number of para-hydroxylation sites is 1. The number of ether oxygens (including phenoxy) is 1. The highest BCUT2D eigenvalue weighted by molar-refractivity contribution is 5.54. The van der Waals surface area contributed by atoms with E-state index < -0.39 is 0 Å². The van der Waals surface area contributed by atoms with Gasteiger partial charge in [-0.1, -0.05) is 59.7 Å². The molecule has 0 aliphatic carbocycles. The lowest BCUT2D eigenvalue weighted by Gasteiger charge is -2.18. The fourth-order valence-corrected chi connectivity index (χ4v) is 2.23. The van der Waals surface area contributed by atoms with Crippen LogP contribution in [0.1, 0.15) is 69.4 Å². The summed E-state index contributed by atoms with van der Waals surface area (Å²) in [6.45, 7) is 22.8. The SMILES string of the molecule is CC.CC.CC.Cc1c(C)c(C)c(Oc2ccccc2)c(C)c1C. The zero-order valence-corrected chi connectivity index (χ0v) is 17.8. The second kappa shape index (κ2) is 13.7. The first kappa shape index (κ1) is 24.5. The van der Waals surface area contributed by atoms with E-state index in [1.807, 2.05) is 71.9 Å². The summed E-state index contributed by atoms with van der Waals surface area (Å²) >= 11 is 0. The summed E-state index contributed by atoms with van der Waals surface area (Å²) in [7, 11) is 0. The molecule has 0 saturated heterocycles. The van der Waals surface area contributed by atoms with Crippen LogP contribution in [0.25, 0.3) is 0 Å². The van der Waals surface area contributed by atoms with E-state index >= 15 is 0 Å². The van der Waals surface area contributed by atoms with E-state index in [2.05, 4.69) is 34.6 Å². The van der Waals surface area contributed by atoms with E-state index in [1.165, 1.54) is 27.8 Å². The summed E-state index contributed by atoms with van der Waals surface area (Å²) in [4.78, 5) is 0. The molecule has 0 N–H and O–H groups in total. The van der Waals surface area contributed by atoms with Crippen LogP contribution in [0.15, 0.2) is 30.3 Å². The highest BCUT2D eigenvalue weighted by Gasteiger charge is 2.13. The first-order valence-corrected chi connectivity index (χ1v) is 9.32. The van der Waals surface area contributed by atoms with Gasteiger partial charge in [0.15, 0.2) is 0 Å². The molecule has 0 aliphatic rings. The molecule has 0 aromatic heterocycles. The van der Waals surface area contributed by atoms with Crippen molar-refractivity contribution in [1.82, 2.24) is 0 Å². The van der Waals surface area contributed by atoms with Crippen LogP contribution in [0.3, 0.4) is 0 Å². The summed E-state index contributed by atoms with van der Waals surface area (Å²) in [5.41, 5.74) is 6.48. The van der Waals surface area contributed by atoms with Crippen molar-refractivity contribution in [3.05, 3.63) is 58.1 Å². The molecule has 0 spiro atoms. The third-order valence-electron chi connectivity index (χ3n) is 3.89. The maximum atomic E-state index is 6.06. The molecule has 2 aromatic carbocycles. The molecule has 0 radical (unpaired) electrons. The molecule has 136 valence electrons. The Bertz CT molecular complexity index is 539. The summed E-state index contributed by atoms with van der Waals surface area (Å²) in [5, 5.41) is 0. The van der Waals surface area contributed by atoms with Crippen LogP contribution in [0, 0.1) is 34.6 Å². The topological polar surface area (TPSA) is 9.23 Å². The first-order valence-electron chi connectivity index (χ1n) is 9.32. The van der Waals surface area contributed by atoms with Gasteiger partial charge in [0.25, 0.3) is 0 Å². The third kappa shape index (κ3) is 6.39. The van der Waals surface area contributed by atoms with Gasteiger partial charge in [0.2, 0.25) is 0 Å². The van der Waals surface area contributed by atoms with E-state index in [9.17, 15) is 0 Å². The Balaban J connectivity index is 0. The van der Waals surface area contributed by atoms with Gasteiger partial charge in [-0.3, -0.25) is 0 Å². The maximum Gasteiger partial charge on any atom is 0.133 e. The predicted molar refractivity (Wildman–Crippen MR) is 111 cm³/mol. The van der Waals surface area contributed by atoms with Gasteiger partial charge < -0.3 is 4.74 Å². The lowest BCUT2D eigenvalue weighted by molar-refractivity contribution is 0.473. The summed E-state index contributed by atoms with van der Waals surface area (Å²) in [6, 6.07) is 9.97. The average Bonchev–Trinajstić information content (AvgIpc) is 2.67. The molecule has 0 fully saturated rings. The van der Waals surface area contributed by atoms with Gasteiger partial charge in [-0.05, 0) is 74.6 Å². The zero-order chi connectivity index (χ0) is 19.3. The van der Waals surface area contributed by atoms with Crippen molar-refractivity contribution in [2.75, 3.05) is 0 Å². The minimum Gasteiger partial charge on any atom is -0.457 e. The second-order valence-corrected chi connectivity index (χ2v) is 4.87. The van der Waals surface area contributed by atoms with Crippen LogP contribution in [0.2, 0.25) is 0 Å².